The standard InChI is InChI=1S/C18H16Cl2N2O2/c1-10-3-6-16(11(2)7-10)22-17(23)9-15(18(22)24)21-14-5-4-12(19)8-13(14)20/h3-8,15,21H,9H2,1-2H3. The maximum absolute atomic E-state index is 12.7. The zero-order valence-electron chi connectivity index (χ0n) is 13.3. The summed E-state index contributed by atoms with van der Waals surface area (Å²) in [6.07, 6.45) is 0.0884. The van der Waals surface area contributed by atoms with Crippen LogP contribution in [0.3, 0.4) is 0 Å². The van der Waals surface area contributed by atoms with Gasteiger partial charge in [0.2, 0.25) is 5.91 Å². The van der Waals surface area contributed by atoms with E-state index in [-0.39, 0.29) is 18.2 Å². The van der Waals surface area contributed by atoms with E-state index >= 15 is 0 Å². The third kappa shape index (κ3) is 3.12. The Morgan fingerprint density at radius 3 is 2.50 bits per heavy atom. The second-order valence-electron chi connectivity index (χ2n) is 5.88. The Kier molecular flexibility index (Phi) is 4.52. The van der Waals surface area contributed by atoms with Gasteiger partial charge in [-0.25, -0.2) is 4.90 Å². The SMILES string of the molecule is Cc1ccc(N2C(=O)CC(Nc3ccc(Cl)cc3Cl)C2=O)c(C)c1. The van der Waals surface area contributed by atoms with Gasteiger partial charge in [0.25, 0.3) is 5.91 Å². The van der Waals surface area contributed by atoms with Gasteiger partial charge in [0.05, 0.1) is 22.8 Å². The number of nitrogens with one attached hydrogen (secondary N) is 1. The summed E-state index contributed by atoms with van der Waals surface area (Å²) in [5.74, 6) is -0.507. The number of carbonyl (C=O) groups is 2. The van der Waals surface area contributed by atoms with Gasteiger partial charge in [-0.1, -0.05) is 40.9 Å². The molecular weight excluding hydrogens is 347 g/mol. The molecule has 124 valence electrons. The molecule has 1 unspecified atom stereocenters. The van der Waals surface area contributed by atoms with Gasteiger partial charge < -0.3 is 5.32 Å². The van der Waals surface area contributed by atoms with E-state index in [0.29, 0.717) is 21.4 Å². The van der Waals surface area contributed by atoms with E-state index in [2.05, 4.69) is 5.32 Å². The van der Waals surface area contributed by atoms with Crippen molar-refractivity contribution in [3.05, 3.63) is 57.6 Å². The highest BCUT2D eigenvalue weighted by Crippen LogP contribution is 2.31. The number of aryl methyl sites for hydroxylation is 2. The number of halogens is 2. The first kappa shape index (κ1) is 16.8. The molecule has 0 aliphatic carbocycles. The number of imide groups is 1. The Morgan fingerprint density at radius 2 is 1.83 bits per heavy atom. The van der Waals surface area contributed by atoms with Crippen molar-refractivity contribution in [2.75, 3.05) is 10.2 Å². The number of hydrogen-bond acceptors (Lipinski definition) is 3. The van der Waals surface area contributed by atoms with E-state index in [4.69, 9.17) is 23.2 Å². The number of hydrogen-bond donors (Lipinski definition) is 1. The number of amides is 2. The van der Waals surface area contributed by atoms with Crippen LogP contribution in [0.2, 0.25) is 10.0 Å². The second kappa shape index (κ2) is 6.46. The highest BCUT2D eigenvalue weighted by molar-refractivity contribution is 6.36. The normalized spacial score (nSPS) is 17.5. The summed E-state index contributed by atoms with van der Waals surface area (Å²) in [4.78, 5) is 26.3. The first-order valence-electron chi connectivity index (χ1n) is 7.52. The Hall–Kier alpha value is -2.04. The zero-order valence-corrected chi connectivity index (χ0v) is 14.8. The lowest BCUT2D eigenvalue weighted by molar-refractivity contribution is -0.121. The van der Waals surface area contributed by atoms with Crippen LogP contribution < -0.4 is 10.2 Å². The summed E-state index contributed by atoms with van der Waals surface area (Å²) in [7, 11) is 0. The van der Waals surface area contributed by atoms with Gasteiger partial charge >= 0.3 is 0 Å². The van der Waals surface area contributed by atoms with Crippen molar-refractivity contribution < 1.29 is 9.59 Å². The fourth-order valence-electron chi connectivity index (χ4n) is 2.85. The van der Waals surface area contributed by atoms with Gasteiger partial charge in [-0.15, -0.1) is 0 Å². The molecular formula is C18H16Cl2N2O2. The predicted molar refractivity (Wildman–Crippen MR) is 96.9 cm³/mol. The van der Waals surface area contributed by atoms with Gasteiger partial charge in [0, 0.05) is 5.02 Å². The van der Waals surface area contributed by atoms with Crippen molar-refractivity contribution in [1.29, 1.82) is 0 Å². The molecule has 1 atom stereocenters. The number of carbonyl (C=O) groups excluding carboxylic acids is 2. The van der Waals surface area contributed by atoms with Crippen molar-refractivity contribution in [2.24, 2.45) is 0 Å². The maximum atomic E-state index is 12.7. The summed E-state index contributed by atoms with van der Waals surface area (Å²) >= 11 is 12.0. The number of rotatable bonds is 3. The van der Waals surface area contributed by atoms with Crippen molar-refractivity contribution >= 4 is 46.4 Å². The Labute approximate surface area is 150 Å². The fourth-order valence-corrected chi connectivity index (χ4v) is 3.31. The highest BCUT2D eigenvalue weighted by Gasteiger charge is 2.40. The van der Waals surface area contributed by atoms with Gasteiger partial charge in [-0.2, -0.15) is 0 Å². The van der Waals surface area contributed by atoms with Gasteiger partial charge in [-0.3, -0.25) is 9.59 Å². The van der Waals surface area contributed by atoms with Crippen LogP contribution in [-0.2, 0) is 9.59 Å². The molecule has 2 aromatic carbocycles. The van der Waals surface area contributed by atoms with Crippen LogP contribution >= 0.6 is 23.2 Å². The summed E-state index contributed by atoms with van der Waals surface area (Å²) < 4.78 is 0. The molecule has 4 nitrogen and oxygen atoms in total. The fraction of sp³-hybridized carbons (Fsp3) is 0.222. The lowest BCUT2D eigenvalue weighted by Crippen LogP contribution is -2.35. The molecule has 24 heavy (non-hydrogen) atoms. The van der Waals surface area contributed by atoms with Crippen LogP contribution in [0.15, 0.2) is 36.4 Å². The van der Waals surface area contributed by atoms with Crippen LogP contribution in [0.1, 0.15) is 17.5 Å². The number of anilines is 2. The van der Waals surface area contributed by atoms with Crippen LogP contribution in [0.5, 0.6) is 0 Å². The zero-order chi connectivity index (χ0) is 17.4. The first-order valence-corrected chi connectivity index (χ1v) is 8.28. The average molecular weight is 363 g/mol. The van der Waals surface area contributed by atoms with E-state index in [0.717, 1.165) is 11.1 Å². The molecule has 1 N–H and O–H groups in total. The Bertz CT molecular complexity index is 836. The Morgan fingerprint density at radius 1 is 1.08 bits per heavy atom. The van der Waals surface area contributed by atoms with Crippen molar-refractivity contribution in [3.63, 3.8) is 0 Å². The minimum Gasteiger partial charge on any atom is -0.372 e. The first-order chi connectivity index (χ1) is 11.4. The molecule has 2 amide bonds. The molecule has 6 heteroatoms. The topological polar surface area (TPSA) is 49.4 Å². The van der Waals surface area contributed by atoms with E-state index in [1.165, 1.54) is 4.90 Å². The van der Waals surface area contributed by atoms with Gasteiger partial charge in [-0.05, 0) is 43.7 Å². The molecule has 0 saturated carbocycles. The molecule has 2 aromatic rings. The van der Waals surface area contributed by atoms with E-state index in [9.17, 15) is 9.59 Å². The predicted octanol–water partition coefficient (Wildman–Crippen LogP) is 4.35. The second-order valence-corrected chi connectivity index (χ2v) is 6.73. The molecule has 1 aliphatic heterocycles. The minimum atomic E-state index is -0.642. The average Bonchev–Trinajstić information content (AvgIpc) is 2.77. The van der Waals surface area contributed by atoms with Gasteiger partial charge in [0.1, 0.15) is 6.04 Å². The Balaban J connectivity index is 1.86. The van der Waals surface area contributed by atoms with Crippen LogP contribution in [0.25, 0.3) is 0 Å². The van der Waals surface area contributed by atoms with E-state index < -0.39 is 6.04 Å². The maximum Gasteiger partial charge on any atom is 0.256 e. The summed E-state index contributed by atoms with van der Waals surface area (Å²) in [5, 5.41) is 3.96. The molecule has 1 aliphatic rings. The number of nitrogens with zero attached hydrogens (tertiary/aromatic N) is 1. The molecule has 0 aromatic heterocycles. The highest BCUT2D eigenvalue weighted by atomic mass is 35.5. The van der Waals surface area contributed by atoms with E-state index in [1.54, 1.807) is 24.3 Å². The molecule has 1 heterocycles. The van der Waals surface area contributed by atoms with E-state index in [1.807, 2.05) is 26.0 Å². The molecule has 1 saturated heterocycles. The molecule has 0 radical (unpaired) electrons. The third-order valence-electron chi connectivity index (χ3n) is 4.00. The third-order valence-corrected chi connectivity index (χ3v) is 4.55. The van der Waals surface area contributed by atoms with Crippen LogP contribution in [-0.4, -0.2) is 17.9 Å². The summed E-state index contributed by atoms with van der Waals surface area (Å²) in [5.41, 5.74) is 3.18. The number of benzene rings is 2. The smallest absolute Gasteiger partial charge is 0.256 e. The quantitative estimate of drug-likeness (QED) is 0.825. The lowest BCUT2D eigenvalue weighted by Gasteiger charge is -2.18. The largest absolute Gasteiger partial charge is 0.372 e. The van der Waals surface area contributed by atoms with Crippen LogP contribution in [0, 0.1) is 13.8 Å². The van der Waals surface area contributed by atoms with Crippen molar-refractivity contribution in [3.8, 4) is 0 Å². The molecule has 0 bridgehead atoms. The van der Waals surface area contributed by atoms with Crippen molar-refractivity contribution in [2.45, 2.75) is 26.3 Å². The summed E-state index contributed by atoms with van der Waals surface area (Å²) in [6.45, 7) is 3.86. The van der Waals surface area contributed by atoms with Crippen molar-refractivity contribution in [1.82, 2.24) is 0 Å². The molecule has 3 rings (SSSR count). The van der Waals surface area contributed by atoms with Crippen LogP contribution in [0.4, 0.5) is 11.4 Å². The lowest BCUT2D eigenvalue weighted by atomic mass is 10.1. The van der Waals surface area contributed by atoms with Gasteiger partial charge in [0.15, 0.2) is 0 Å². The molecule has 0 spiro atoms. The summed E-state index contributed by atoms with van der Waals surface area (Å²) in [6, 6.07) is 9.97. The minimum absolute atomic E-state index is 0.0884. The molecule has 1 fully saturated rings. The monoisotopic (exact) mass is 362 g/mol.